The largest absolute Gasteiger partial charge is 0.467 e. The second kappa shape index (κ2) is 9.93. The maximum atomic E-state index is 11.0. The summed E-state index contributed by atoms with van der Waals surface area (Å²) in [6.45, 7) is 1.68. The highest BCUT2D eigenvalue weighted by molar-refractivity contribution is 5.04. The van der Waals surface area contributed by atoms with Gasteiger partial charge in [-0.3, -0.25) is 0 Å². The van der Waals surface area contributed by atoms with E-state index in [0.29, 0.717) is 18.6 Å². The van der Waals surface area contributed by atoms with Crippen LogP contribution in [0.1, 0.15) is 19.8 Å². The Balaban J connectivity index is 1.69. The fraction of sp³-hybridized carbons (Fsp3) is 0.895. The van der Waals surface area contributed by atoms with Gasteiger partial charge in [-0.25, -0.2) is 0 Å². The summed E-state index contributed by atoms with van der Waals surface area (Å²) in [5.41, 5.74) is 22.9. The third-order valence-electron chi connectivity index (χ3n) is 6.22. The summed E-state index contributed by atoms with van der Waals surface area (Å²) in [6, 6.07) is -2.37. The SMILES string of the molecule is CNC1C(O)[C@H](O[C@H]2C(N)C[C@H](N)C(O[C@H]3OC(CN)=CCC3N)C2O)OC[C@]1(C)O. The van der Waals surface area contributed by atoms with Crippen LogP contribution in [0.2, 0.25) is 0 Å². The Kier molecular flexibility index (Phi) is 7.92. The number of likely N-dealkylation sites (N-methyl/N-ethyl adjacent to an activating group) is 1. The average molecular weight is 448 g/mol. The summed E-state index contributed by atoms with van der Waals surface area (Å²) in [5, 5.41) is 34.9. The van der Waals surface area contributed by atoms with Crippen LogP contribution in [0.3, 0.4) is 0 Å². The second-order valence-electron chi connectivity index (χ2n) is 8.81. The molecule has 11 atom stereocenters. The highest BCUT2D eigenvalue weighted by atomic mass is 16.7. The van der Waals surface area contributed by atoms with Crippen LogP contribution in [0.5, 0.6) is 0 Å². The van der Waals surface area contributed by atoms with Crippen molar-refractivity contribution in [2.24, 2.45) is 22.9 Å². The smallest absolute Gasteiger partial charge is 0.215 e. The normalized spacial score (nSPS) is 48.7. The molecule has 0 radical (unpaired) electrons. The Hall–Kier alpha value is -0.900. The van der Waals surface area contributed by atoms with E-state index >= 15 is 0 Å². The van der Waals surface area contributed by atoms with Gasteiger partial charge in [0, 0.05) is 12.1 Å². The number of aliphatic hydroxyl groups excluding tert-OH is 2. The average Bonchev–Trinajstić information content (AvgIpc) is 2.71. The van der Waals surface area contributed by atoms with Crippen molar-refractivity contribution in [3.8, 4) is 0 Å². The van der Waals surface area contributed by atoms with Crippen LogP contribution in [0.25, 0.3) is 0 Å². The molecule has 0 aromatic heterocycles. The summed E-state index contributed by atoms with van der Waals surface area (Å²) in [7, 11) is 1.62. The van der Waals surface area contributed by atoms with Gasteiger partial charge in [-0.15, -0.1) is 0 Å². The van der Waals surface area contributed by atoms with E-state index in [4.69, 9.17) is 41.9 Å². The van der Waals surface area contributed by atoms with Gasteiger partial charge in [-0.2, -0.15) is 0 Å². The molecule has 3 rings (SSSR count). The van der Waals surface area contributed by atoms with Gasteiger partial charge in [-0.1, -0.05) is 0 Å². The van der Waals surface area contributed by atoms with Crippen molar-refractivity contribution in [1.82, 2.24) is 5.32 Å². The fourth-order valence-electron chi connectivity index (χ4n) is 4.44. The molecule has 0 aromatic carbocycles. The Bertz CT molecular complexity index is 639. The van der Waals surface area contributed by atoms with Crippen molar-refractivity contribution >= 4 is 0 Å². The first-order valence-corrected chi connectivity index (χ1v) is 10.6. The van der Waals surface area contributed by atoms with Gasteiger partial charge in [0.15, 0.2) is 6.29 Å². The van der Waals surface area contributed by atoms with Crippen molar-refractivity contribution in [3.05, 3.63) is 11.8 Å². The molecule has 0 aromatic rings. The van der Waals surface area contributed by atoms with Crippen LogP contribution in [0.4, 0.5) is 0 Å². The Labute approximate surface area is 181 Å². The molecular formula is C19H37N5O7. The number of hydrogen-bond acceptors (Lipinski definition) is 12. The van der Waals surface area contributed by atoms with E-state index in [1.165, 1.54) is 0 Å². The first-order chi connectivity index (χ1) is 14.6. The van der Waals surface area contributed by atoms with Gasteiger partial charge in [0.05, 0.1) is 25.2 Å². The minimum atomic E-state index is -1.29. The van der Waals surface area contributed by atoms with E-state index in [-0.39, 0.29) is 13.2 Å². The monoisotopic (exact) mass is 447 g/mol. The Morgan fingerprint density at radius 1 is 1.10 bits per heavy atom. The zero-order valence-electron chi connectivity index (χ0n) is 18.0. The van der Waals surface area contributed by atoms with E-state index in [9.17, 15) is 15.3 Å². The van der Waals surface area contributed by atoms with Gasteiger partial charge in [0.2, 0.25) is 6.29 Å². The molecule has 31 heavy (non-hydrogen) atoms. The quantitative estimate of drug-likeness (QED) is 0.196. The van der Waals surface area contributed by atoms with Gasteiger partial charge < -0.3 is 62.5 Å². The van der Waals surface area contributed by atoms with Gasteiger partial charge in [0.1, 0.15) is 35.8 Å². The molecule has 1 saturated heterocycles. The number of nitrogens with two attached hydrogens (primary N) is 4. The Morgan fingerprint density at radius 2 is 1.71 bits per heavy atom. The first kappa shape index (κ1) is 24.7. The molecule has 1 aliphatic carbocycles. The lowest BCUT2D eigenvalue weighted by Crippen LogP contribution is -2.68. The zero-order valence-corrected chi connectivity index (χ0v) is 18.0. The number of rotatable bonds is 6. The van der Waals surface area contributed by atoms with Crippen LogP contribution in [0.15, 0.2) is 11.8 Å². The summed E-state index contributed by atoms with van der Waals surface area (Å²) >= 11 is 0. The maximum Gasteiger partial charge on any atom is 0.215 e. The molecule has 180 valence electrons. The highest BCUT2D eigenvalue weighted by Gasteiger charge is 2.50. The van der Waals surface area contributed by atoms with Gasteiger partial charge in [0.25, 0.3) is 0 Å². The lowest BCUT2D eigenvalue weighted by atomic mass is 9.84. The van der Waals surface area contributed by atoms with Crippen molar-refractivity contribution in [3.63, 3.8) is 0 Å². The molecule has 12 heteroatoms. The third-order valence-corrected chi connectivity index (χ3v) is 6.22. The first-order valence-electron chi connectivity index (χ1n) is 10.6. The minimum Gasteiger partial charge on any atom is -0.467 e. The lowest BCUT2D eigenvalue weighted by Gasteiger charge is -2.48. The van der Waals surface area contributed by atoms with Crippen LogP contribution in [-0.4, -0.2) is 102 Å². The molecule has 1 saturated carbocycles. The number of aliphatic hydroxyl groups is 3. The Morgan fingerprint density at radius 3 is 2.29 bits per heavy atom. The molecule has 2 aliphatic heterocycles. The van der Waals surface area contributed by atoms with Crippen LogP contribution in [0, 0.1) is 0 Å². The predicted octanol–water partition coefficient (Wildman–Crippen LogP) is -3.85. The van der Waals surface area contributed by atoms with Crippen LogP contribution < -0.4 is 28.3 Å². The lowest BCUT2D eigenvalue weighted by molar-refractivity contribution is -0.303. The van der Waals surface area contributed by atoms with Crippen molar-refractivity contribution in [1.29, 1.82) is 0 Å². The van der Waals surface area contributed by atoms with Crippen molar-refractivity contribution < 1.29 is 34.3 Å². The third kappa shape index (κ3) is 5.20. The molecule has 12 nitrogen and oxygen atoms in total. The molecule has 0 amide bonds. The summed E-state index contributed by atoms with van der Waals surface area (Å²) in [6.07, 6.45) is -3.56. The highest BCUT2D eigenvalue weighted by Crippen LogP contribution is 2.31. The maximum absolute atomic E-state index is 11.0. The van der Waals surface area contributed by atoms with Gasteiger partial charge in [-0.05, 0) is 32.9 Å². The topological polar surface area (TPSA) is 214 Å². The predicted molar refractivity (Wildman–Crippen MR) is 110 cm³/mol. The molecule has 12 N–H and O–H groups in total. The van der Waals surface area contributed by atoms with E-state index < -0.39 is 66.8 Å². The fourth-order valence-corrected chi connectivity index (χ4v) is 4.44. The molecule has 3 aliphatic rings. The number of nitrogens with one attached hydrogen (secondary N) is 1. The van der Waals surface area contributed by atoms with Crippen LogP contribution in [-0.2, 0) is 18.9 Å². The second-order valence-corrected chi connectivity index (χ2v) is 8.81. The zero-order chi connectivity index (χ0) is 22.9. The summed E-state index contributed by atoms with van der Waals surface area (Å²) in [5.74, 6) is 0.555. The molecule has 0 bridgehead atoms. The minimum absolute atomic E-state index is 0.0727. The number of ether oxygens (including phenoxy) is 4. The van der Waals surface area contributed by atoms with E-state index in [1.54, 1.807) is 20.0 Å². The van der Waals surface area contributed by atoms with Gasteiger partial charge >= 0.3 is 0 Å². The standard InChI is InChI=1S/C19H37N5O7/c1-19(27)7-28-18(13(26)16(19)24-2)31-15-11(23)5-10(22)14(12(15)25)30-17-9(21)4-3-8(6-20)29-17/h3,9-18,24-27H,4-7,20-23H2,1-2H3/t9?,10-,11?,12?,13?,14?,15-,16?,17+,18-,19-/m0/s1. The summed E-state index contributed by atoms with van der Waals surface area (Å²) in [4.78, 5) is 0. The van der Waals surface area contributed by atoms with Crippen LogP contribution >= 0.6 is 0 Å². The molecular weight excluding hydrogens is 410 g/mol. The summed E-state index contributed by atoms with van der Waals surface area (Å²) < 4.78 is 23.1. The number of hydrogen-bond donors (Lipinski definition) is 8. The molecule has 6 unspecified atom stereocenters. The van der Waals surface area contributed by atoms with Crippen molar-refractivity contribution in [2.45, 2.75) is 86.5 Å². The molecule has 0 spiro atoms. The molecule has 2 fully saturated rings. The molecule has 2 heterocycles. The van der Waals surface area contributed by atoms with E-state index in [1.807, 2.05) is 0 Å². The van der Waals surface area contributed by atoms with E-state index in [0.717, 1.165) is 0 Å². The van der Waals surface area contributed by atoms with Crippen molar-refractivity contribution in [2.75, 3.05) is 20.2 Å². The van der Waals surface area contributed by atoms with E-state index in [2.05, 4.69) is 5.32 Å².